The van der Waals surface area contributed by atoms with Gasteiger partial charge in [-0.2, -0.15) is 0 Å². The lowest BCUT2D eigenvalue weighted by atomic mass is 10.0. The molecule has 0 saturated carbocycles. The van der Waals surface area contributed by atoms with E-state index in [0.717, 1.165) is 0 Å². The third-order valence-electron chi connectivity index (χ3n) is 3.96. The van der Waals surface area contributed by atoms with E-state index in [1.54, 1.807) is 4.90 Å². The molecule has 8 heteroatoms. The van der Waals surface area contributed by atoms with Gasteiger partial charge in [-0.05, 0) is 12.1 Å². The van der Waals surface area contributed by atoms with Crippen molar-refractivity contribution in [1.29, 1.82) is 0 Å². The zero-order chi connectivity index (χ0) is 15.6. The van der Waals surface area contributed by atoms with E-state index in [1.807, 2.05) is 0 Å². The highest BCUT2D eigenvalue weighted by Crippen LogP contribution is 2.31. The molecule has 2 fully saturated rings. The number of carbonyl (C=O) groups excluding carboxylic acids is 1. The Morgan fingerprint density at radius 2 is 1.77 bits per heavy atom. The molecule has 0 atom stereocenters. The van der Waals surface area contributed by atoms with Crippen molar-refractivity contribution >= 4 is 17.4 Å². The first kappa shape index (κ1) is 14.7. The zero-order valence-electron chi connectivity index (χ0n) is 12.0. The van der Waals surface area contributed by atoms with Gasteiger partial charge < -0.3 is 19.7 Å². The molecule has 0 radical (unpaired) electrons. The summed E-state index contributed by atoms with van der Waals surface area (Å²) in [5.41, 5.74) is 0.526. The van der Waals surface area contributed by atoms with Crippen LogP contribution in [0.1, 0.15) is 12.8 Å². The van der Waals surface area contributed by atoms with Crippen LogP contribution >= 0.6 is 0 Å². The molecule has 118 valence electrons. The number of non-ortho nitro benzene ring substituents is 1. The molecule has 2 amide bonds. The monoisotopic (exact) mass is 307 g/mol. The summed E-state index contributed by atoms with van der Waals surface area (Å²) in [4.78, 5) is 24.0. The van der Waals surface area contributed by atoms with Gasteiger partial charge in [0.1, 0.15) is 0 Å². The Hall–Kier alpha value is -2.19. The van der Waals surface area contributed by atoms with Crippen LogP contribution in [0.2, 0.25) is 0 Å². The molecule has 1 aromatic carbocycles. The van der Waals surface area contributed by atoms with Gasteiger partial charge in [-0.25, -0.2) is 4.79 Å². The standard InChI is InChI=1S/C14H17N3O5/c18-13(15-11-1-3-12(4-2-11)17(19)20)16-7-5-14(6-8-16)21-9-10-22-14/h1-4H,5-10H2,(H,15,18). The Labute approximate surface area is 127 Å². The zero-order valence-corrected chi connectivity index (χ0v) is 12.0. The summed E-state index contributed by atoms with van der Waals surface area (Å²) >= 11 is 0. The highest BCUT2D eigenvalue weighted by molar-refractivity contribution is 5.89. The molecule has 2 aliphatic rings. The van der Waals surface area contributed by atoms with Gasteiger partial charge in [-0.15, -0.1) is 0 Å². The largest absolute Gasteiger partial charge is 0.347 e. The number of anilines is 1. The predicted molar refractivity (Wildman–Crippen MR) is 77.6 cm³/mol. The molecule has 2 heterocycles. The van der Waals surface area contributed by atoms with Crippen LogP contribution in [0.15, 0.2) is 24.3 Å². The smallest absolute Gasteiger partial charge is 0.321 e. The quantitative estimate of drug-likeness (QED) is 0.666. The lowest BCUT2D eigenvalue weighted by Gasteiger charge is -2.37. The molecule has 0 aromatic heterocycles. The highest BCUT2D eigenvalue weighted by atomic mass is 16.7. The lowest BCUT2D eigenvalue weighted by molar-refractivity contribution is -0.384. The minimum atomic E-state index is -0.510. The number of nitro benzene ring substituents is 1. The first-order valence-corrected chi connectivity index (χ1v) is 7.16. The van der Waals surface area contributed by atoms with Crippen LogP contribution in [0.5, 0.6) is 0 Å². The number of urea groups is 1. The van der Waals surface area contributed by atoms with Crippen molar-refractivity contribution < 1.29 is 19.2 Å². The van der Waals surface area contributed by atoms with Crippen molar-refractivity contribution in [3.63, 3.8) is 0 Å². The van der Waals surface area contributed by atoms with Crippen LogP contribution < -0.4 is 5.32 Å². The number of piperidine rings is 1. The maximum Gasteiger partial charge on any atom is 0.321 e. The summed E-state index contributed by atoms with van der Waals surface area (Å²) in [7, 11) is 0. The van der Waals surface area contributed by atoms with Crippen LogP contribution in [0.3, 0.4) is 0 Å². The number of carbonyl (C=O) groups is 1. The van der Waals surface area contributed by atoms with E-state index in [1.165, 1.54) is 24.3 Å². The van der Waals surface area contributed by atoms with Gasteiger partial charge in [0, 0.05) is 43.8 Å². The summed E-state index contributed by atoms with van der Waals surface area (Å²) in [6.45, 7) is 2.32. The van der Waals surface area contributed by atoms with Crippen molar-refractivity contribution in [3.05, 3.63) is 34.4 Å². The number of nitrogens with one attached hydrogen (secondary N) is 1. The van der Waals surface area contributed by atoms with Crippen LogP contribution in [-0.4, -0.2) is 47.9 Å². The van der Waals surface area contributed by atoms with E-state index in [9.17, 15) is 14.9 Å². The third-order valence-corrected chi connectivity index (χ3v) is 3.96. The minimum absolute atomic E-state index is 0.00607. The number of nitro groups is 1. The Morgan fingerprint density at radius 1 is 1.18 bits per heavy atom. The summed E-state index contributed by atoms with van der Waals surface area (Å²) < 4.78 is 11.2. The van der Waals surface area contributed by atoms with Crippen molar-refractivity contribution in [1.82, 2.24) is 4.90 Å². The second-order valence-corrected chi connectivity index (χ2v) is 5.33. The number of ether oxygens (including phenoxy) is 2. The van der Waals surface area contributed by atoms with Gasteiger partial charge >= 0.3 is 6.03 Å². The Bertz CT molecular complexity index is 558. The van der Waals surface area contributed by atoms with Crippen molar-refractivity contribution in [2.24, 2.45) is 0 Å². The first-order valence-electron chi connectivity index (χ1n) is 7.16. The summed E-state index contributed by atoms with van der Waals surface area (Å²) in [6.07, 6.45) is 1.31. The van der Waals surface area contributed by atoms with Gasteiger partial charge in [-0.3, -0.25) is 10.1 Å². The fraction of sp³-hybridized carbons (Fsp3) is 0.500. The Balaban J connectivity index is 1.55. The van der Waals surface area contributed by atoms with E-state index in [2.05, 4.69) is 5.32 Å². The maximum atomic E-state index is 12.2. The average molecular weight is 307 g/mol. The Morgan fingerprint density at radius 3 is 2.32 bits per heavy atom. The van der Waals surface area contributed by atoms with Gasteiger partial charge in [0.05, 0.1) is 18.1 Å². The second-order valence-electron chi connectivity index (χ2n) is 5.33. The number of benzene rings is 1. The molecule has 8 nitrogen and oxygen atoms in total. The number of hydrogen-bond acceptors (Lipinski definition) is 5. The molecule has 3 rings (SSSR count). The molecule has 22 heavy (non-hydrogen) atoms. The molecule has 0 bridgehead atoms. The third kappa shape index (κ3) is 3.02. The molecule has 0 unspecified atom stereocenters. The fourth-order valence-electron chi connectivity index (χ4n) is 2.71. The van der Waals surface area contributed by atoms with Gasteiger partial charge in [0.15, 0.2) is 5.79 Å². The molecule has 0 aliphatic carbocycles. The molecule has 1 aromatic rings. The van der Waals surface area contributed by atoms with E-state index in [-0.39, 0.29) is 11.7 Å². The fourth-order valence-corrected chi connectivity index (χ4v) is 2.71. The van der Waals surface area contributed by atoms with Crippen LogP contribution in [0, 0.1) is 10.1 Å². The highest BCUT2D eigenvalue weighted by Gasteiger charge is 2.40. The van der Waals surface area contributed by atoms with E-state index >= 15 is 0 Å². The van der Waals surface area contributed by atoms with Crippen LogP contribution in [0.25, 0.3) is 0 Å². The van der Waals surface area contributed by atoms with E-state index in [4.69, 9.17) is 9.47 Å². The summed E-state index contributed by atoms with van der Waals surface area (Å²) in [5.74, 6) is -0.510. The summed E-state index contributed by atoms with van der Waals surface area (Å²) in [5, 5.41) is 13.3. The maximum absolute atomic E-state index is 12.2. The number of likely N-dealkylation sites (tertiary alicyclic amines) is 1. The number of hydrogen-bond donors (Lipinski definition) is 1. The molecular weight excluding hydrogens is 290 g/mol. The topological polar surface area (TPSA) is 93.9 Å². The van der Waals surface area contributed by atoms with E-state index in [0.29, 0.717) is 44.8 Å². The number of amides is 2. The number of nitrogens with zero attached hydrogens (tertiary/aromatic N) is 2. The normalized spacial score (nSPS) is 20.1. The molecule has 1 N–H and O–H groups in total. The molecule has 2 saturated heterocycles. The first-order chi connectivity index (χ1) is 10.6. The average Bonchev–Trinajstić information content (AvgIpc) is 2.96. The molecule has 2 aliphatic heterocycles. The van der Waals surface area contributed by atoms with Gasteiger partial charge in [-0.1, -0.05) is 0 Å². The predicted octanol–water partition coefficient (Wildman–Crippen LogP) is 1.97. The Kier molecular flexibility index (Phi) is 3.95. The van der Waals surface area contributed by atoms with Crippen LogP contribution in [-0.2, 0) is 9.47 Å². The summed E-state index contributed by atoms with van der Waals surface area (Å²) in [6, 6.07) is 5.54. The van der Waals surface area contributed by atoms with Crippen molar-refractivity contribution in [2.45, 2.75) is 18.6 Å². The SMILES string of the molecule is O=C(Nc1ccc([N+](=O)[O-])cc1)N1CCC2(CC1)OCCO2. The molecular formula is C14H17N3O5. The lowest BCUT2D eigenvalue weighted by Crippen LogP contribution is -2.48. The van der Waals surface area contributed by atoms with Gasteiger partial charge in [0.2, 0.25) is 0 Å². The van der Waals surface area contributed by atoms with Crippen molar-refractivity contribution in [3.8, 4) is 0 Å². The van der Waals surface area contributed by atoms with Gasteiger partial charge in [0.25, 0.3) is 5.69 Å². The number of rotatable bonds is 2. The van der Waals surface area contributed by atoms with E-state index < -0.39 is 10.7 Å². The van der Waals surface area contributed by atoms with Crippen LogP contribution in [0.4, 0.5) is 16.2 Å². The molecule has 1 spiro atoms. The minimum Gasteiger partial charge on any atom is -0.347 e. The van der Waals surface area contributed by atoms with Crippen molar-refractivity contribution in [2.75, 3.05) is 31.6 Å². The second kappa shape index (κ2) is 5.90.